The zero-order valence-electron chi connectivity index (χ0n) is 20.1. The number of hydrogen-bond donors (Lipinski definition) is 1. The van der Waals surface area contributed by atoms with Gasteiger partial charge in [-0.1, -0.05) is 74.5 Å². The van der Waals surface area contributed by atoms with Gasteiger partial charge < -0.3 is 15.0 Å². The van der Waals surface area contributed by atoms with E-state index in [2.05, 4.69) is 29.2 Å². The van der Waals surface area contributed by atoms with Crippen molar-refractivity contribution in [2.24, 2.45) is 0 Å². The molecular formula is C28H30N4O3. The van der Waals surface area contributed by atoms with Crippen LogP contribution in [0.25, 0.3) is 10.8 Å². The fourth-order valence-corrected chi connectivity index (χ4v) is 3.97. The quantitative estimate of drug-likeness (QED) is 0.371. The molecule has 7 nitrogen and oxygen atoms in total. The van der Waals surface area contributed by atoms with Gasteiger partial charge in [-0.15, -0.1) is 0 Å². The molecule has 0 saturated carbocycles. The minimum Gasteiger partial charge on any atom is -0.490 e. The van der Waals surface area contributed by atoms with Gasteiger partial charge in [-0.25, -0.2) is 4.68 Å². The minimum absolute atomic E-state index is 0.189. The Labute approximate surface area is 205 Å². The van der Waals surface area contributed by atoms with E-state index < -0.39 is 5.91 Å². The highest BCUT2D eigenvalue weighted by Gasteiger charge is 2.18. The molecule has 4 aromatic rings. The number of amides is 1. The van der Waals surface area contributed by atoms with Gasteiger partial charge in [0.05, 0.1) is 17.6 Å². The Balaban J connectivity index is 1.62. The smallest absolute Gasteiger partial charge is 0.276 e. The van der Waals surface area contributed by atoms with Crippen LogP contribution in [-0.4, -0.2) is 46.8 Å². The van der Waals surface area contributed by atoms with E-state index in [0.29, 0.717) is 28.8 Å². The van der Waals surface area contributed by atoms with Gasteiger partial charge >= 0.3 is 0 Å². The molecule has 0 unspecified atom stereocenters. The van der Waals surface area contributed by atoms with E-state index in [4.69, 9.17) is 4.74 Å². The van der Waals surface area contributed by atoms with Crippen molar-refractivity contribution >= 4 is 22.4 Å². The largest absolute Gasteiger partial charge is 0.490 e. The molecule has 180 valence electrons. The molecule has 1 N–H and O–H groups in total. The number of aromatic nitrogens is 2. The molecule has 7 heteroatoms. The molecule has 0 atom stereocenters. The maximum absolute atomic E-state index is 13.4. The Morgan fingerprint density at radius 3 is 2.31 bits per heavy atom. The molecule has 0 saturated heterocycles. The average molecular weight is 471 g/mol. The van der Waals surface area contributed by atoms with Crippen LogP contribution in [0.3, 0.4) is 0 Å². The first-order valence-corrected chi connectivity index (χ1v) is 11.9. The summed E-state index contributed by atoms with van der Waals surface area (Å²) >= 11 is 0. The second-order valence-electron chi connectivity index (χ2n) is 8.17. The Morgan fingerprint density at radius 1 is 0.914 bits per heavy atom. The molecule has 0 aliphatic rings. The monoisotopic (exact) mass is 470 g/mol. The SMILES string of the molecule is CCN(CC)CCOc1ccccc1NC(=O)c1nn(Cc2ccccc2)c(=O)c2ccccc12. The summed E-state index contributed by atoms with van der Waals surface area (Å²) in [6, 6.07) is 24.0. The highest BCUT2D eigenvalue weighted by Crippen LogP contribution is 2.25. The van der Waals surface area contributed by atoms with Crippen molar-refractivity contribution in [3.05, 3.63) is 100 Å². The Hall–Kier alpha value is -3.97. The summed E-state index contributed by atoms with van der Waals surface area (Å²) in [6.45, 7) is 7.73. The molecule has 3 aromatic carbocycles. The zero-order chi connectivity index (χ0) is 24.6. The fraction of sp³-hybridized carbons (Fsp3) is 0.250. The Bertz CT molecular complexity index is 1350. The van der Waals surface area contributed by atoms with E-state index in [0.717, 1.165) is 25.2 Å². The lowest BCUT2D eigenvalue weighted by molar-refractivity contribution is 0.102. The number of benzene rings is 3. The Morgan fingerprint density at radius 2 is 1.57 bits per heavy atom. The lowest BCUT2D eigenvalue weighted by atomic mass is 10.1. The van der Waals surface area contributed by atoms with E-state index in [-0.39, 0.29) is 17.8 Å². The summed E-state index contributed by atoms with van der Waals surface area (Å²) in [5.41, 5.74) is 1.44. The number of fused-ring (bicyclic) bond motifs is 1. The van der Waals surface area contributed by atoms with Gasteiger partial charge in [0.1, 0.15) is 12.4 Å². The van der Waals surface area contributed by atoms with Crippen molar-refractivity contribution < 1.29 is 9.53 Å². The number of anilines is 1. The first-order chi connectivity index (χ1) is 17.1. The van der Waals surface area contributed by atoms with Crippen molar-refractivity contribution in [1.82, 2.24) is 14.7 Å². The third kappa shape index (κ3) is 5.75. The molecule has 1 amide bonds. The molecule has 0 bridgehead atoms. The summed E-state index contributed by atoms with van der Waals surface area (Å²) < 4.78 is 7.33. The summed E-state index contributed by atoms with van der Waals surface area (Å²) in [6.07, 6.45) is 0. The lowest BCUT2D eigenvalue weighted by Gasteiger charge is -2.19. The van der Waals surface area contributed by atoms with Crippen molar-refractivity contribution in [3.8, 4) is 5.75 Å². The molecule has 0 aliphatic carbocycles. The first kappa shape index (κ1) is 24.2. The van der Waals surface area contributed by atoms with Crippen molar-refractivity contribution in [2.45, 2.75) is 20.4 Å². The van der Waals surface area contributed by atoms with Gasteiger partial charge in [0, 0.05) is 11.9 Å². The van der Waals surface area contributed by atoms with E-state index >= 15 is 0 Å². The standard InChI is InChI=1S/C28H30N4O3/c1-3-31(4-2)18-19-35-25-17-11-10-16-24(25)29-27(33)26-22-14-8-9-15-23(22)28(34)32(30-26)20-21-12-6-5-7-13-21/h5-17H,3-4,18-20H2,1-2H3,(H,29,33). The van der Waals surface area contributed by atoms with Gasteiger partial charge in [0.2, 0.25) is 0 Å². The van der Waals surface area contributed by atoms with E-state index in [1.807, 2.05) is 48.5 Å². The number of nitrogens with zero attached hydrogens (tertiary/aromatic N) is 3. The number of rotatable bonds is 10. The molecule has 35 heavy (non-hydrogen) atoms. The fourth-order valence-electron chi connectivity index (χ4n) is 3.97. The number of carbonyl (C=O) groups is 1. The highest BCUT2D eigenvalue weighted by atomic mass is 16.5. The predicted molar refractivity (Wildman–Crippen MR) is 139 cm³/mol. The summed E-state index contributed by atoms with van der Waals surface area (Å²) in [5, 5.41) is 8.38. The maximum atomic E-state index is 13.4. The van der Waals surface area contributed by atoms with Crippen LogP contribution >= 0.6 is 0 Å². The van der Waals surface area contributed by atoms with Crippen LogP contribution in [0, 0.1) is 0 Å². The normalized spacial score (nSPS) is 11.1. The van der Waals surface area contributed by atoms with Gasteiger partial charge in [-0.05, 0) is 36.9 Å². The molecule has 0 spiro atoms. The Kier molecular flexibility index (Phi) is 7.90. The van der Waals surface area contributed by atoms with Crippen LogP contribution in [0.15, 0.2) is 83.7 Å². The van der Waals surface area contributed by atoms with Gasteiger partial charge in [0.25, 0.3) is 11.5 Å². The third-order valence-corrected chi connectivity index (χ3v) is 5.95. The molecule has 1 heterocycles. The molecule has 0 aliphatic heterocycles. The topological polar surface area (TPSA) is 76.5 Å². The average Bonchev–Trinajstić information content (AvgIpc) is 2.90. The second-order valence-corrected chi connectivity index (χ2v) is 8.17. The zero-order valence-corrected chi connectivity index (χ0v) is 20.1. The number of ether oxygens (including phenoxy) is 1. The molecular weight excluding hydrogens is 440 g/mol. The number of nitrogens with one attached hydrogen (secondary N) is 1. The molecule has 1 aromatic heterocycles. The van der Waals surface area contributed by atoms with Gasteiger partial charge in [0.15, 0.2) is 5.69 Å². The number of para-hydroxylation sites is 2. The van der Waals surface area contributed by atoms with Crippen LogP contribution in [0.2, 0.25) is 0 Å². The summed E-state index contributed by atoms with van der Waals surface area (Å²) in [7, 11) is 0. The maximum Gasteiger partial charge on any atom is 0.276 e. The molecule has 4 rings (SSSR count). The van der Waals surface area contributed by atoms with Crippen LogP contribution in [-0.2, 0) is 6.54 Å². The molecule has 0 radical (unpaired) electrons. The second kappa shape index (κ2) is 11.4. The highest BCUT2D eigenvalue weighted by molar-refractivity contribution is 6.11. The van der Waals surface area contributed by atoms with Crippen LogP contribution in [0.1, 0.15) is 29.9 Å². The predicted octanol–water partition coefficient (Wildman–Crippen LogP) is 4.42. The van der Waals surface area contributed by atoms with Crippen molar-refractivity contribution in [2.75, 3.05) is 31.6 Å². The number of hydrogen-bond acceptors (Lipinski definition) is 5. The summed E-state index contributed by atoms with van der Waals surface area (Å²) in [4.78, 5) is 28.8. The lowest BCUT2D eigenvalue weighted by Crippen LogP contribution is -2.28. The van der Waals surface area contributed by atoms with Crippen molar-refractivity contribution in [1.29, 1.82) is 0 Å². The van der Waals surface area contributed by atoms with E-state index in [1.54, 1.807) is 30.3 Å². The van der Waals surface area contributed by atoms with Gasteiger partial charge in [-0.3, -0.25) is 9.59 Å². The van der Waals surface area contributed by atoms with Gasteiger partial charge in [-0.2, -0.15) is 5.10 Å². The number of carbonyl (C=O) groups excluding carboxylic acids is 1. The van der Waals surface area contributed by atoms with Crippen LogP contribution < -0.4 is 15.6 Å². The van der Waals surface area contributed by atoms with E-state index in [9.17, 15) is 9.59 Å². The first-order valence-electron chi connectivity index (χ1n) is 11.9. The van der Waals surface area contributed by atoms with E-state index in [1.165, 1.54) is 4.68 Å². The van der Waals surface area contributed by atoms with Crippen molar-refractivity contribution in [3.63, 3.8) is 0 Å². The van der Waals surface area contributed by atoms with Crippen LogP contribution in [0.4, 0.5) is 5.69 Å². The number of likely N-dealkylation sites (N-methyl/N-ethyl adjacent to an activating group) is 1. The summed E-state index contributed by atoms with van der Waals surface area (Å²) in [5.74, 6) is 0.192. The molecule has 0 fully saturated rings. The minimum atomic E-state index is -0.400. The third-order valence-electron chi connectivity index (χ3n) is 5.95. The van der Waals surface area contributed by atoms with Crippen LogP contribution in [0.5, 0.6) is 5.75 Å².